The lowest BCUT2D eigenvalue weighted by molar-refractivity contribution is 0.184. The van der Waals surface area contributed by atoms with Crippen LogP contribution in [-0.2, 0) is 17.6 Å². The molecule has 0 aliphatic heterocycles. The van der Waals surface area contributed by atoms with Crippen molar-refractivity contribution in [2.24, 2.45) is 5.92 Å². The molecule has 0 saturated carbocycles. The lowest BCUT2D eigenvalue weighted by atomic mass is 9.93. The maximum atomic E-state index is 5.17. The summed E-state index contributed by atoms with van der Waals surface area (Å²) in [7, 11) is 1.79. The minimum Gasteiger partial charge on any atom is -0.385 e. The third-order valence-electron chi connectivity index (χ3n) is 3.98. The van der Waals surface area contributed by atoms with E-state index in [-0.39, 0.29) is 0 Å². The van der Waals surface area contributed by atoms with Crippen molar-refractivity contribution in [2.75, 3.05) is 20.3 Å². The maximum absolute atomic E-state index is 5.17. The number of ether oxygens (including phenoxy) is 1. The van der Waals surface area contributed by atoms with E-state index < -0.39 is 0 Å². The summed E-state index contributed by atoms with van der Waals surface area (Å²) in [5.74, 6) is 0.763. The predicted octanol–water partition coefficient (Wildman–Crippen LogP) is 2.81. The van der Waals surface area contributed by atoms with E-state index in [0.29, 0.717) is 6.04 Å². The molecule has 0 heterocycles. The average molecular weight is 247 g/mol. The summed E-state index contributed by atoms with van der Waals surface area (Å²) in [6.07, 6.45) is 4.85. The Morgan fingerprint density at radius 2 is 1.94 bits per heavy atom. The van der Waals surface area contributed by atoms with Crippen LogP contribution in [0.3, 0.4) is 0 Å². The normalized spacial score (nSPS) is 16.8. The molecule has 1 aromatic rings. The molecule has 1 N–H and O–H groups in total. The molecule has 0 fully saturated rings. The van der Waals surface area contributed by atoms with Gasteiger partial charge in [0.2, 0.25) is 0 Å². The molecule has 1 aromatic carbocycles. The largest absolute Gasteiger partial charge is 0.385 e. The lowest BCUT2D eigenvalue weighted by Crippen LogP contribution is -2.36. The summed E-state index contributed by atoms with van der Waals surface area (Å²) in [5, 5.41) is 3.66. The average Bonchev–Trinajstić information content (AvgIpc) is 2.81. The van der Waals surface area contributed by atoms with Crippen LogP contribution in [0.25, 0.3) is 0 Å². The molecule has 100 valence electrons. The molecule has 0 aromatic heterocycles. The SMILES string of the molecule is CCNC(CCCOC)C1Cc2ccccc2C1. The predicted molar refractivity (Wildman–Crippen MR) is 75.9 cm³/mol. The molecule has 1 unspecified atom stereocenters. The minimum absolute atomic E-state index is 0.637. The summed E-state index contributed by atoms with van der Waals surface area (Å²) >= 11 is 0. The second kappa shape index (κ2) is 6.91. The van der Waals surface area contributed by atoms with Crippen molar-refractivity contribution in [3.8, 4) is 0 Å². The summed E-state index contributed by atoms with van der Waals surface area (Å²) in [5.41, 5.74) is 3.11. The van der Waals surface area contributed by atoms with Crippen LogP contribution in [-0.4, -0.2) is 26.3 Å². The van der Waals surface area contributed by atoms with Gasteiger partial charge in [0.05, 0.1) is 0 Å². The molecule has 2 rings (SSSR count). The molecular formula is C16H25NO. The quantitative estimate of drug-likeness (QED) is 0.748. The number of hydrogen-bond donors (Lipinski definition) is 1. The standard InChI is InChI=1S/C16H25NO/c1-3-17-16(9-6-10-18-2)15-11-13-7-4-5-8-14(13)12-15/h4-5,7-8,15-17H,3,6,9-12H2,1-2H3. The van der Waals surface area contributed by atoms with Crippen LogP contribution in [0.4, 0.5) is 0 Å². The molecule has 0 spiro atoms. The monoisotopic (exact) mass is 247 g/mol. The first kappa shape index (κ1) is 13.6. The van der Waals surface area contributed by atoms with Gasteiger partial charge in [0.15, 0.2) is 0 Å². The van der Waals surface area contributed by atoms with Gasteiger partial charge in [-0.25, -0.2) is 0 Å². The van der Waals surface area contributed by atoms with Crippen LogP contribution in [0, 0.1) is 5.92 Å². The Hall–Kier alpha value is -0.860. The Labute approximate surface area is 111 Å². The van der Waals surface area contributed by atoms with Crippen LogP contribution in [0.2, 0.25) is 0 Å². The Balaban J connectivity index is 1.92. The van der Waals surface area contributed by atoms with Crippen molar-refractivity contribution in [3.63, 3.8) is 0 Å². The third kappa shape index (κ3) is 3.33. The number of nitrogens with one attached hydrogen (secondary N) is 1. The highest BCUT2D eigenvalue weighted by molar-refractivity contribution is 5.32. The summed E-state index contributed by atoms with van der Waals surface area (Å²) in [4.78, 5) is 0. The van der Waals surface area contributed by atoms with Crippen LogP contribution in [0.1, 0.15) is 30.9 Å². The third-order valence-corrected chi connectivity index (χ3v) is 3.98. The first-order valence-electron chi connectivity index (χ1n) is 7.14. The van der Waals surface area contributed by atoms with E-state index in [9.17, 15) is 0 Å². The molecule has 0 amide bonds. The van der Waals surface area contributed by atoms with Crippen molar-refractivity contribution in [1.29, 1.82) is 0 Å². The highest BCUT2D eigenvalue weighted by atomic mass is 16.5. The van der Waals surface area contributed by atoms with Gasteiger partial charge in [0.25, 0.3) is 0 Å². The first-order valence-corrected chi connectivity index (χ1v) is 7.14. The van der Waals surface area contributed by atoms with Crippen LogP contribution in [0.15, 0.2) is 24.3 Å². The molecule has 0 bridgehead atoms. The lowest BCUT2D eigenvalue weighted by Gasteiger charge is -2.24. The molecule has 0 radical (unpaired) electrons. The Morgan fingerprint density at radius 3 is 2.50 bits per heavy atom. The topological polar surface area (TPSA) is 21.3 Å². The van der Waals surface area contributed by atoms with Gasteiger partial charge in [0, 0.05) is 19.8 Å². The van der Waals surface area contributed by atoms with Gasteiger partial charge >= 0.3 is 0 Å². The molecule has 1 aliphatic rings. The molecule has 18 heavy (non-hydrogen) atoms. The number of fused-ring (bicyclic) bond motifs is 1. The van der Waals surface area contributed by atoms with Crippen LogP contribution >= 0.6 is 0 Å². The molecule has 0 saturated heterocycles. The van der Waals surface area contributed by atoms with Crippen LogP contribution < -0.4 is 5.32 Å². The zero-order valence-corrected chi connectivity index (χ0v) is 11.6. The van der Waals surface area contributed by atoms with Crippen molar-refractivity contribution in [2.45, 2.75) is 38.6 Å². The second-order valence-electron chi connectivity index (χ2n) is 5.24. The van der Waals surface area contributed by atoms with Gasteiger partial charge in [-0.2, -0.15) is 0 Å². The van der Waals surface area contributed by atoms with Crippen molar-refractivity contribution in [3.05, 3.63) is 35.4 Å². The van der Waals surface area contributed by atoms with E-state index in [1.165, 1.54) is 19.3 Å². The van der Waals surface area contributed by atoms with Gasteiger partial charge < -0.3 is 10.1 Å². The van der Waals surface area contributed by atoms with Gasteiger partial charge in [-0.3, -0.25) is 0 Å². The van der Waals surface area contributed by atoms with Crippen molar-refractivity contribution < 1.29 is 4.74 Å². The highest BCUT2D eigenvalue weighted by Gasteiger charge is 2.27. The highest BCUT2D eigenvalue weighted by Crippen LogP contribution is 2.30. The van der Waals surface area contributed by atoms with Crippen molar-refractivity contribution in [1.82, 2.24) is 5.32 Å². The van der Waals surface area contributed by atoms with Gasteiger partial charge in [-0.15, -0.1) is 0 Å². The number of benzene rings is 1. The molecule has 1 atom stereocenters. The van der Waals surface area contributed by atoms with Gasteiger partial charge in [-0.1, -0.05) is 31.2 Å². The first-order chi connectivity index (χ1) is 8.85. The van der Waals surface area contributed by atoms with E-state index in [4.69, 9.17) is 4.74 Å². The molecule has 2 heteroatoms. The van der Waals surface area contributed by atoms with Crippen molar-refractivity contribution >= 4 is 0 Å². The smallest absolute Gasteiger partial charge is 0.0462 e. The number of rotatable bonds is 7. The summed E-state index contributed by atoms with van der Waals surface area (Å²) < 4.78 is 5.17. The van der Waals surface area contributed by atoms with E-state index >= 15 is 0 Å². The summed E-state index contributed by atoms with van der Waals surface area (Å²) in [6, 6.07) is 9.53. The summed E-state index contributed by atoms with van der Waals surface area (Å²) in [6.45, 7) is 4.14. The van der Waals surface area contributed by atoms with E-state index in [1.807, 2.05) is 0 Å². The van der Waals surface area contributed by atoms with E-state index in [2.05, 4.69) is 36.5 Å². The second-order valence-corrected chi connectivity index (χ2v) is 5.24. The Morgan fingerprint density at radius 1 is 1.28 bits per heavy atom. The molecular weight excluding hydrogens is 222 g/mol. The zero-order chi connectivity index (χ0) is 12.8. The molecule has 2 nitrogen and oxygen atoms in total. The van der Waals surface area contributed by atoms with Gasteiger partial charge in [-0.05, 0) is 49.3 Å². The van der Waals surface area contributed by atoms with Gasteiger partial charge in [0.1, 0.15) is 0 Å². The fourth-order valence-corrected chi connectivity index (χ4v) is 3.09. The van der Waals surface area contributed by atoms with E-state index in [1.54, 1.807) is 18.2 Å². The molecule has 1 aliphatic carbocycles. The van der Waals surface area contributed by atoms with E-state index in [0.717, 1.165) is 25.5 Å². The fraction of sp³-hybridized carbons (Fsp3) is 0.625. The zero-order valence-electron chi connectivity index (χ0n) is 11.6. The van der Waals surface area contributed by atoms with Crippen LogP contribution in [0.5, 0.6) is 0 Å². The fourth-order valence-electron chi connectivity index (χ4n) is 3.09. The number of hydrogen-bond acceptors (Lipinski definition) is 2. The number of methoxy groups -OCH3 is 1. The maximum Gasteiger partial charge on any atom is 0.0462 e. The Kier molecular flexibility index (Phi) is 5.21. The Bertz CT molecular complexity index is 339. The minimum atomic E-state index is 0.637.